The molecule has 31 heavy (non-hydrogen) atoms. The van der Waals surface area contributed by atoms with Crippen molar-refractivity contribution in [2.75, 3.05) is 50.9 Å². The highest BCUT2D eigenvalue weighted by atomic mass is 32.1. The van der Waals surface area contributed by atoms with Crippen molar-refractivity contribution in [3.63, 3.8) is 0 Å². The summed E-state index contributed by atoms with van der Waals surface area (Å²) in [6.07, 6.45) is 0.786. The molecule has 1 aliphatic rings. The number of amides is 1. The molecule has 2 aromatic carbocycles. The summed E-state index contributed by atoms with van der Waals surface area (Å²) in [5, 5.41) is 0.500. The number of benzene rings is 2. The van der Waals surface area contributed by atoms with Gasteiger partial charge in [0.1, 0.15) is 17.1 Å². The fraction of sp³-hybridized carbons (Fsp3) is 0.391. The summed E-state index contributed by atoms with van der Waals surface area (Å²) in [4.78, 5) is 21.4. The van der Waals surface area contributed by atoms with Crippen molar-refractivity contribution < 1.29 is 18.7 Å². The normalized spacial score (nSPS) is 14.6. The highest BCUT2D eigenvalue weighted by Gasteiger charge is 2.22. The van der Waals surface area contributed by atoms with Crippen LogP contribution in [0, 0.1) is 12.7 Å². The first-order chi connectivity index (χ1) is 15.1. The van der Waals surface area contributed by atoms with E-state index in [1.54, 1.807) is 11.0 Å². The van der Waals surface area contributed by atoms with Crippen LogP contribution in [0.5, 0.6) is 5.75 Å². The Hall–Kier alpha value is -2.55. The lowest BCUT2D eigenvalue weighted by atomic mass is 10.2. The number of aryl methyl sites for hydroxylation is 1. The number of morpholine rings is 1. The van der Waals surface area contributed by atoms with Crippen molar-refractivity contribution in [3.05, 3.63) is 53.8 Å². The minimum atomic E-state index is -0.378. The van der Waals surface area contributed by atoms with Gasteiger partial charge in [-0.25, -0.2) is 9.37 Å². The number of fused-ring (bicyclic) bond motifs is 1. The number of rotatable bonds is 8. The first kappa shape index (κ1) is 21.7. The van der Waals surface area contributed by atoms with Gasteiger partial charge in [-0.2, -0.15) is 0 Å². The Morgan fingerprint density at radius 3 is 2.74 bits per heavy atom. The molecule has 164 valence electrons. The number of para-hydroxylation sites is 1. The van der Waals surface area contributed by atoms with Gasteiger partial charge < -0.3 is 9.47 Å². The van der Waals surface area contributed by atoms with Crippen LogP contribution in [0.25, 0.3) is 10.2 Å². The van der Waals surface area contributed by atoms with Crippen molar-refractivity contribution in [2.24, 2.45) is 0 Å². The standard InChI is InChI=1S/C23H26FN3O3S/c1-17-6-8-18(9-7-17)30-16-21(28)27(11-3-10-26-12-14-29-15-13-26)23-25-22-19(24)4-2-5-20(22)31-23/h2,4-9H,3,10-16H2,1H3. The van der Waals surface area contributed by atoms with Crippen LogP contribution >= 0.6 is 11.3 Å². The Balaban J connectivity index is 1.47. The summed E-state index contributed by atoms with van der Waals surface area (Å²) < 4.78 is 26.0. The van der Waals surface area contributed by atoms with E-state index >= 15 is 0 Å². The molecule has 2 heterocycles. The molecule has 0 N–H and O–H groups in total. The van der Waals surface area contributed by atoms with E-state index in [0.29, 0.717) is 22.9 Å². The van der Waals surface area contributed by atoms with Crippen molar-refractivity contribution in [1.29, 1.82) is 0 Å². The minimum absolute atomic E-state index is 0.0982. The molecule has 1 aromatic heterocycles. The third kappa shape index (κ3) is 5.58. The molecular formula is C23H26FN3O3S. The lowest BCUT2D eigenvalue weighted by molar-refractivity contribution is -0.120. The topological polar surface area (TPSA) is 54.9 Å². The lowest BCUT2D eigenvalue weighted by Gasteiger charge is -2.27. The molecule has 0 spiro atoms. The molecule has 0 unspecified atom stereocenters. The summed E-state index contributed by atoms with van der Waals surface area (Å²) in [6.45, 7) is 6.54. The molecule has 0 aliphatic carbocycles. The summed E-state index contributed by atoms with van der Waals surface area (Å²) in [6, 6.07) is 12.4. The number of carbonyl (C=O) groups excluding carboxylic acids is 1. The molecule has 0 bridgehead atoms. The predicted octanol–water partition coefficient (Wildman–Crippen LogP) is 3.88. The third-order valence-corrected chi connectivity index (χ3v) is 6.28. The fourth-order valence-electron chi connectivity index (χ4n) is 3.48. The molecule has 8 heteroatoms. The van der Waals surface area contributed by atoms with Gasteiger partial charge in [0, 0.05) is 26.2 Å². The van der Waals surface area contributed by atoms with E-state index in [-0.39, 0.29) is 18.3 Å². The first-order valence-corrected chi connectivity index (χ1v) is 11.3. The van der Waals surface area contributed by atoms with E-state index in [9.17, 15) is 9.18 Å². The van der Waals surface area contributed by atoms with Gasteiger partial charge in [-0.3, -0.25) is 14.6 Å². The largest absolute Gasteiger partial charge is 0.484 e. The third-order valence-electron chi connectivity index (χ3n) is 5.23. The van der Waals surface area contributed by atoms with Crippen molar-refractivity contribution in [3.8, 4) is 5.75 Å². The maximum absolute atomic E-state index is 14.2. The summed E-state index contributed by atoms with van der Waals surface area (Å²) in [5.41, 5.74) is 1.42. The van der Waals surface area contributed by atoms with Gasteiger partial charge >= 0.3 is 0 Å². The Labute approximate surface area is 185 Å². The zero-order valence-corrected chi connectivity index (χ0v) is 18.4. The second-order valence-electron chi connectivity index (χ2n) is 7.54. The average molecular weight is 444 g/mol. The number of hydrogen-bond donors (Lipinski definition) is 0. The molecular weight excluding hydrogens is 417 g/mol. The second-order valence-corrected chi connectivity index (χ2v) is 8.55. The van der Waals surface area contributed by atoms with E-state index in [0.717, 1.165) is 49.5 Å². The Morgan fingerprint density at radius 1 is 1.23 bits per heavy atom. The van der Waals surface area contributed by atoms with Crippen LogP contribution in [0.3, 0.4) is 0 Å². The van der Waals surface area contributed by atoms with Crippen LogP contribution in [0.4, 0.5) is 9.52 Å². The SMILES string of the molecule is Cc1ccc(OCC(=O)N(CCCN2CCOCC2)c2nc3c(F)cccc3s2)cc1. The maximum Gasteiger partial charge on any atom is 0.266 e. The van der Waals surface area contributed by atoms with Gasteiger partial charge in [-0.15, -0.1) is 0 Å². The van der Waals surface area contributed by atoms with Gasteiger partial charge in [-0.1, -0.05) is 35.1 Å². The zero-order valence-electron chi connectivity index (χ0n) is 17.6. The van der Waals surface area contributed by atoms with Crippen molar-refractivity contribution in [1.82, 2.24) is 9.88 Å². The lowest BCUT2D eigenvalue weighted by Crippen LogP contribution is -2.40. The van der Waals surface area contributed by atoms with Crippen LogP contribution in [0.2, 0.25) is 0 Å². The summed E-state index contributed by atoms with van der Waals surface area (Å²) >= 11 is 1.32. The predicted molar refractivity (Wildman–Crippen MR) is 120 cm³/mol. The van der Waals surface area contributed by atoms with Crippen molar-refractivity contribution >= 4 is 32.6 Å². The molecule has 1 fully saturated rings. The molecule has 4 rings (SSSR count). The van der Waals surface area contributed by atoms with Crippen LogP contribution in [-0.2, 0) is 9.53 Å². The number of ether oxygens (including phenoxy) is 2. The van der Waals surface area contributed by atoms with Crippen LogP contribution < -0.4 is 9.64 Å². The second kappa shape index (κ2) is 10.2. The van der Waals surface area contributed by atoms with E-state index in [2.05, 4.69) is 9.88 Å². The summed E-state index contributed by atoms with van der Waals surface area (Å²) in [7, 11) is 0. The van der Waals surface area contributed by atoms with Gasteiger partial charge in [0.15, 0.2) is 11.7 Å². The number of anilines is 1. The van der Waals surface area contributed by atoms with Gasteiger partial charge in [0.25, 0.3) is 5.91 Å². The van der Waals surface area contributed by atoms with Crippen molar-refractivity contribution in [2.45, 2.75) is 13.3 Å². The molecule has 1 amide bonds. The molecule has 3 aromatic rings. The van der Waals surface area contributed by atoms with Gasteiger partial charge in [0.05, 0.1) is 17.9 Å². The van der Waals surface area contributed by atoms with E-state index < -0.39 is 0 Å². The van der Waals surface area contributed by atoms with Gasteiger partial charge in [0.2, 0.25) is 0 Å². The highest BCUT2D eigenvalue weighted by Crippen LogP contribution is 2.30. The number of thiazole rings is 1. The number of nitrogens with zero attached hydrogens (tertiary/aromatic N) is 3. The number of halogens is 1. The maximum atomic E-state index is 14.2. The Bertz CT molecular complexity index is 1020. The Morgan fingerprint density at radius 2 is 2.00 bits per heavy atom. The molecule has 1 saturated heterocycles. The number of aromatic nitrogens is 1. The fourth-order valence-corrected chi connectivity index (χ4v) is 4.50. The summed E-state index contributed by atoms with van der Waals surface area (Å²) in [5.74, 6) is 0.0706. The number of hydrogen-bond acceptors (Lipinski definition) is 6. The van der Waals surface area contributed by atoms with Crippen LogP contribution in [0.15, 0.2) is 42.5 Å². The van der Waals surface area contributed by atoms with E-state index in [4.69, 9.17) is 9.47 Å². The smallest absolute Gasteiger partial charge is 0.266 e. The zero-order chi connectivity index (χ0) is 21.6. The molecule has 1 aliphatic heterocycles. The average Bonchev–Trinajstić information content (AvgIpc) is 3.22. The molecule has 6 nitrogen and oxygen atoms in total. The Kier molecular flexibility index (Phi) is 7.11. The highest BCUT2D eigenvalue weighted by molar-refractivity contribution is 7.22. The minimum Gasteiger partial charge on any atom is -0.484 e. The van der Waals surface area contributed by atoms with E-state index in [1.807, 2.05) is 37.3 Å². The first-order valence-electron chi connectivity index (χ1n) is 10.4. The monoisotopic (exact) mass is 443 g/mol. The molecule has 0 radical (unpaired) electrons. The van der Waals surface area contributed by atoms with Crippen LogP contribution in [-0.4, -0.2) is 61.8 Å². The number of carbonyl (C=O) groups is 1. The van der Waals surface area contributed by atoms with Crippen LogP contribution in [0.1, 0.15) is 12.0 Å². The van der Waals surface area contributed by atoms with E-state index in [1.165, 1.54) is 17.4 Å². The quantitative estimate of drug-likeness (QED) is 0.529. The molecule has 0 saturated carbocycles. The van der Waals surface area contributed by atoms with Gasteiger partial charge in [-0.05, 0) is 37.6 Å². The molecule has 0 atom stereocenters.